The van der Waals surface area contributed by atoms with Crippen molar-refractivity contribution < 1.29 is 59.3 Å². The minimum atomic E-state index is -2.25. The molecule has 1 spiro atoms. The molecule has 3 aromatic rings. The molecule has 298 valence electrons. The molecule has 2 fully saturated rings. The van der Waals surface area contributed by atoms with E-state index in [-0.39, 0.29) is 41.8 Å². The number of phenols is 1. The predicted octanol–water partition coefficient (Wildman–Crippen LogP) is 0.555. The number of carbonyl (C=O) groups is 1. The van der Waals surface area contributed by atoms with Gasteiger partial charge in [-0.3, -0.25) is 19.5 Å². The molecule has 1 aliphatic carbocycles. The van der Waals surface area contributed by atoms with Crippen LogP contribution in [-0.4, -0.2) is 104 Å². The van der Waals surface area contributed by atoms with Crippen LogP contribution in [0.4, 0.5) is 5.69 Å². The van der Waals surface area contributed by atoms with Gasteiger partial charge in [0.1, 0.15) is 72.2 Å². The van der Waals surface area contributed by atoms with Crippen molar-refractivity contribution in [3.05, 3.63) is 87.6 Å². The Kier molecular flexibility index (Phi) is 10.4. The van der Waals surface area contributed by atoms with Crippen molar-refractivity contribution in [2.24, 2.45) is 16.8 Å². The average Bonchev–Trinajstić information content (AvgIpc) is 3.92. The second-order valence-corrected chi connectivity index (χ2v) is 16.0. The molecule has 1 saturated heterocycles. The van der Waals surface area contributed by atoms with Gasteiger partial charge in [-0.15, -0.1) is 0 Å². The van der Waals surface area contributed by atoms with Gasteiger partial charge in [-0.2, -0.15) is 0 Å². The van der Waals surface area contributed by atoms with Crippen molar-refractivity contribution in [2.75, 3.05) is 26.3 Å². The number of hydrogen-bond donors (Lipinski definition) is 8. The lowest BCUT2D eigenvalue weighted by Crippen LogP contribution is -3.01. The van der Waals surface area contributed by atoms with Gasteiger partial charge in [0.05, 0.1) is 17.6 Å². The number of fused-ring (bicyclic) bond motifs is 3. The Morgan fingerprint density at radius 2 is 1.93 bits per heavy atom. The Morgan fingerprint density at radius 3 is 2.66 bits per heavy atom. The van der Waals surface area contributed by atoms with Crippen LogP contribution in [-0.2, 0) is 27.4 Å². The number of quaternary nitrogens is 1. The number of nitrogens with zero attached hydrogens (tertiary/aromatic N) is 1. The maximum absolute atomic E-state index is 13.5. The first-order valence-electron chi connectivity index (χ1n) is 19.2. The number of aliphatic hydroxyl groups is 5. The summed E-state index contributed by atoms with van der Waals surface area (Å²) in [6, 6.07) is 9.09. The summed E-state index contributed by atoms with van der Waals surface area (Å²) in [4.78, 5) is 43.4. The SMILES string of the molecule is Cc1cc(=O)c2cc3c(c([NH+]4C=C5C=CN=C5C4)c2o1)O[C@]1(CCC[C@H]([C@H]2CNC(=O)C2)C1)[C@H](OOC[C@@](O)(Cc1ccc(O)cc1)[C@@H](O)[C@H](O)[C@H](O)CO)C3. The van der Waals surface area contributed by atoms with Crippen LogP contribution in [0.1, 0.15) is 49.0 Å². The van der Waals surface area contributed by atoms with E-state index in [9.17, 15) is 40.2 Å². The second-order valence-electron chi connectivity index (χ2n) is 16.0. The lowest BCUT2D eigenvalue weighted by atomic mass is 9.68. The van der Waals surface area contributed by atoms with Crippen molar-refractivity contribution in [3.8, 4) is 11.5 Å². The van der Waals surface area contributed by atoms with E-state index in [2.05, 4.69) is 10.3 Å². The van der Waals surface area contributed by atoms with E-state index in [1.807, 2.05) is 12.3 Å². The van der Waals surface area contributed by atoms with Gasteiger partial charge in [0.15, 0.2) is 11.2 Å². The molecule has 2 aromatic carbocycles. The molecule has 8 N–H and O–H groups in total. The van der Waals surface area contributed by atoms with Gasteiger partial charge in [0.2, 0.25) is 17.2 Å². The van der Waals surface area contributed by atoms with Crippen molar-refractivity contribution in [3.63, 3.8) is 0 Å². The van der Waals surface area contributed by atoms with Gasteiger partial charge in [-0.25, -0.2) is 9.78 Å². The zero-order valence-corrected chi connectivity index (χ0v) is 31.0. The smallest absolute Gasteiger partial charge is 0.222 e. The van der Waals surface area contributed by atoms with Crippen molar-refractivity contribution in [1.82, 2.24) is 5.32 Å². The highest BCUT2D eigenvalue weighted by atomic mass is 17.2. The van der Waals surface area contributed by atoms with Crippen molar-refractivity contribution in [2.45, 2.75) is 87.5 Å². The van der Waals surface area contributed by atoms with Crippen LogP contribution in [0.2, 0.25) is 0 Å². The van der Waals surface area contributed by atoms with Gasteiger partial charge < -0.3 is 45.1 Å². The lowest BCUT2D eigenvalue weighted by Gasteiger charge is -2.49. The van der Waals surface area contributed by atoms with Crippen LogP contribution in [0.5, 0.6) is 11.5 Å². The molecule has 5 heterocycles. The fourth-order valence-electron chi connectivity index (χ4n) is 9.14. The Morgan fingerprint density at radius 1 is 1.12 bits per heavy atom. The molecule has 15 nitrogen and oxygen atoms in total. The molecule has 0 bridgehead atoms. The minimum Gasteiger partial charge on any atom is -0.508 e. The van der Waals surface area contributed by atoms with Crippen LogP contribution in [0.3, 0.4) is 0 Å². The van der Waals surface area contributed by atoms with E-state index in [4.69, 9.17) is 18.9 Å². The molecule has 8 rings (SSSR count). The number of aliphatic imine (C=N–C) groups is 1. The van der Waals surface area contributed by atoms with Gasteiger partial charge in [0, 0.05) is 43.6 Å². The first kappa shape index (κ1) is 38.4. The largest absolute Gasteiger partial charge is 0.508 e. The molecule has 1 unspecified atom stereocenters. The molecule has 9 atom stereocenters. The van der Waals surface area contributed by atoms with E-state index < -0.39 is 48.8 Å². The summed E-state index contributed by atoms with van der Waals surface area (Å²) in [6.07, 6.45) is 2.31. The van der Waals surface area contributed by atoms with Gasteiger partial charge in [-0.05, 0) is 74.3 Å². The summed E-state index contributed by atoms with van der Waals surface area (Å²) in [7, 11) is 0. The van der Waals surface area contributed by atoms with E-state index in [0.29, 0.717) is 71.6 Å². The fraction of sp³-hybridized carbons (Fsp3) is 0.488. The van der Waals surface area contributed by atoms with Crippen LogP contribution in [0.15, 0.2) is 74.7 Å². The molecule has 56 heavy (non-hydrogen) atoms. The number of phenolic OH excluding ortho intramolecular Hbond substituents is 1. The van der Waals surface area contributed by atoms with Crippen LogP contribution < -0.4 is 20.4 Å². The van der Waals surface area contributed by atoms with Crippen LogP contribution in [0, 0.1) is 18.8 Å². The topological polar surface area (TPSA) is 225 Å². The second kappa shape index (κ2) is 15.1. The zero-order chi connectivity index (χ0) is 39.4. The number of aliphatic hydroxyl groups excluding tert-OH is 4. The lowest BCUT2D eigenvalue weighted by molar-refractivity contribution is -0.759. The third-order valence-corrected chi connectivity index (χ3v) is 12.1. The number of nitrogens with one attached hydrogen (secondary N) is 2. The third-order valence-electron chi connectivity index (χ3n) is 12.1. The van der Waals surface area contributed by atoms with Crippen LogP contribution >= 0.6 is 0 Å². The molecule has 4 aliphatic heterocycles. The summed E-state index contributed by atoms with van der Waals surface area (Å²) in [6.45, 7) is 1.26. The third kappa shape index (κ3) is 7.18. The quantitative estimate of drug-likeness (QED) is 0.0934. The highest BCUT2D eigenvalue weighted by Crippen LogP contribution is 2.50. The Labute approximate surface area is 322 Å². The number of carbonyl (C=O) groups excluding carboxylic acids is 1. The molecule has 15 heteroatoms. The first-order valence-corrected chi connectivity index (χ1v) is 19.2. The number of aromatic hydroxyl groups is 1. The van der Waals surface area contributed by atoms with Gasteiger partial charge >= 0.3 is 0 Å². The maximum Gasteiger partial charge on any atom is 0.222 e. The Hall–Kier alpha value is -4.45. The van der Waals surface area contributed by atoms with Gasteiger partial charge in [0.25, 0.3) is 0 Å². The monoisotopic (exact) mass is 774 g/mol. The maximum atomic E-state index is 13.5. The van der Waals surface area contributed by atoms with Crippen molar-refractivity contribution >= 4 is 28.3 Å². The molecule has 5 aliphatic rings. The number of aryl methyl sites for hydroxylation is 1. The Balaban J connectivity index is 1.16. The highest BCUT2D eigenvalue weighted by molar-refractivity contribution is 6.07. The van der Waals surface area contributed by atoms with Gasteiger partial charge in [-0.1, -0.05) is 12.1 Å². The molecule has 1 amide bonds. The summed E-state index contributed by atoms with van der Waals surface area (Å²) in [5.74, 6) is 1.22. The summed E-state index contributed by atoms with van der Waals surface area (Å²) < 4.78 is 13.6. The molecule has 1 aromatic heterocycles. The average molecular weight is 775 g/mol. The first-order chi connectivity index (χ1) is 26.9. The molecular formula is C41H48N3O12+. The van der Waals surface area contributed by atoms with Crippen molar-refractivity contribution in [1.29, 1.82) is 0 Å². The van der Waals surface area contributed by atoms with Crippen LogP contribution in [0.25, 0.3) is 11.0 Å². The van der Waals surface area contributed by atoms with E-state index >= 15 is 0 Å². The Bertz CT molecular complexity index is 2150. The summed E-state index contributed by atoms with van der Waals surface area (Å²) >= 11 is 0. The predicted molar refractivity (Wildman–Crippen MR) is 200 cm³/mol. The number of amides is 1. The fourth-order valence-corrected chi connectivity index (χ4v) is 9.14. The highest BCUT2D eigenvalue weighted by Gasteiger charge is 2.53. The number of benzene rings is 2. The summed E-state index contributed by atoms with van der Waals surface area (Å²) in [5, 5.41) is 66.6. The number of ether oxygens (including phenoxy) is 1. The standard InChI is InChI=1S/C41H47N3O12/c1-22-11-31(47)29-12-26-13-33(56-53-21-40(52,39(51)36(50)32(48)20-45)15-23-4-6-28(46)7-5-23)41(9-2-3-24(16-41)27-14-34(49)43-17-27)55-37(26)35(38(29)54-22)44-18-25-8-10-42-30(25)19-44/h4-8,10-12,18,24,27,32-33,36,39,45-46,48,50-52H,2-3,9,13-17,19-21H2,1H3,(H,43,49)/p+1/t24-,27+,32+,33+,36+,39-,40-,41-/m0/s1. The number of hydrogen-bond acceptors (Lipinski definition) is 13. The zero-order valence-electron chi connectivity index (χ0n) is 31.0. The normalized spacial score (nSPS) is 28.2. The molecule has 0 radical (unpaired) electrons. The number of rotatable bonds is 12. The van der Waals surface area contributed by atoms with E-state index in [0.717, 1.165) is 29.0 Å². The summed E-state index contributed by atoms with van der Waals surface area (Å²) in [5.41, 5.74) is 0.698. The minimum absolute atomic E-state index is 0.00739. The molecule has 1 saturated carbocycles. The number of allylic oxidation sites excluding steroid dienone is 1. The molecular weight excluding hydrogens is 726 g/mol. The van der Waals surface area contributed by atoms with E-state index in [1.165, 1.54) is 30.3 Å². The van der Waals surface area contributed by atoms with E-state index in [1.54, 1.807) is 19.2 Å².